The van der Waals surface area contributed by atoms with Crippen LogP contribution in [0.1, 0.15) is 136 Å². The molecule has 0 aromatic carbocycles. The lowest BCUT2D eigenvalue weighted by atomic mass is 9.97. The van der Waals surface area contributed by atoms with Crippen LogP contribution in [0, 0.1) is 0 Å². The van der Waals surface area contributed by atoms with Crippen LogP contribution < -0.4 is 0 Å². The molecule has 0 aromatic heterocycles. The minimum atomic E-state index is -3.22. The normalized spacial score (nSPS) is 16.1. The summed E-state index contributed by atoms with van der Waals surface area (Å²) in [4.78, 5) is 34.7. The summed E-state index contributed by atoms with van der Waals surface area (Å²) >= 11 is 0. The molecule has 0 aliphatic carbocycles. The van der Waals surface area contributed by atoms with Gasteiger partial charge >= 0.3 is 17.7 Å². The third-order valence-corrected chi connectivity index (χ3v) is 6.79. The maximum atomic E-state index is 12.4. The average Bonchev–Trinajstić information content (AvgIpc) is 2.85. The highest BCUT2D eigenvalue weighted by Crippen LogP contribution is 2.23. The highest BCUT2D eigenvalue weighted by Gasteiger charge is 2.52. The fourth-order valence-electron chi connectivity index (χ4n) is 4.51. The van der Waals surface area contributed by atoms with Gasteiger partial charge in [-0.1, -0.05) is 96.8 Å². The van der Waals surface area contributed by atoms with Crippen LogP contribution in [0.15, 0.2) is 0 Å². The van der Waals surface area contributed by atoms with Gasteiger partial charge in [0.15, 0.2) is 11.9 Å². The molecule has 0 spiro atoms. The molecule has 0 fully saturated rings. The summed E-state index contributed by atoms with van der Waals surface area (Å²) in [6.07, 6.45) is 10.8. The molecular formula is C29H54O10. The average molecular weight is 563 g/mol. The minimum absolute atomic E-state index is 0.211. The lowest BCUT2D eigenvalue weighted by molar-refractivity contribution is -0.326. The largest absolute Gasteiger partial charge is 0.429 e. The summed E-state index contributed by atoms with van der Waals surface area (Å²) in [6.45, 7) is 4.01. The van der Waals surface area contributed by atoms with Gasteiger partial charge in [-0.25, -0.2) is 0 Å². The molecule has 5 N–H and O–H groups in total. The molecule has 5 atom stereocenters. The number of hydrogen-bond donors (Lipinski definition) is 5. The van der Waals surface area contributed by atoms with Crippen LogP contribution in [0.5, 0.6) is 0 Å². The van der Waals surface area contributed by atoms with E-state index >= 15 is 0 Å². The van der Waals surface area contributed by atoms with Crippen molar-refractivity contribution in [2.45, 2.75) is 167 Å². The molecule has 5 unspecified atom stereocenters. The molecule has 0 saturated heterocycles. The van der Waals surface area contributed by atoms with Crippen molar-refractivity contribution in [2.75, 3.05) is 0 Å². The molecule has 0 amide bonds. The zero-order valence-electron chi connectivity index (χ0n) is 24.3. The van der Waals surface area contributed by atoms with Gasteiger partial charge in [0.05, 0.1) is 12.2 Å². The third kappa shape index (κ3) is 18.4. The van der Waals surface area contributed by atoms with Gasteiger partial charge in [-0.2, -0.15) is 0 Å². The SMILES string of the molecule is CCCCCCCCCCCCCCC(O)CCCCC(O)CC(=O)C(O)C(O)(OC(C)=O)C(O)OC(C)=O. The second-order valence-electron chi connectivity index (χ2n) is 10.7. The number of ether oxygens (including phenoxy) is 2. The molecule has 0 heterocycles. The second-order valence-corrected chi connectivity index (χ2v) is 10.7. The smallest absolute Gasteiger partial charge is 0.307 e. The Morgan fingerprint density at radius 1 is 0.641 bits per heavy atom. The van der Waals surface area contributed by atoms with E-state index in [-0.39, 0.29) is 6.42 Å². The number of hydrogen-bond acceptors (Lipinski definition) is 10. The van der Waals surface area contributed by atoms with E-state index in [1.165, 1.54) is 64.2 Å². The van der Waals surface area contributed by atoms with E-state index in [9.17, 15) is 39.9 Å². The maximum Gasteiger partial charge on any atom is 0.307 e. The van der Waals surface area contributed by atoms with Crippen molar-refractivity contribution in [3.05, 3.63) is 0 Å². The second kappa shape index (κ2) is 22.1. The van der Waals surface area contributed by atoms with Crippen LogP contribution in [-0.4, -0.2) is 73.6 Å². The summed E-state index contributed by atoms with van der Waals surface area (Å²) in [5, 5.41) is 50.8. The van der Waals surface area contributed by atoms with Gasteiger partial charge in [-0.05, 0) is 19.3 Å². The molecule has 10 nitrogen and oxygen atoms in total. The quantitative estimate of drug-likeness (QED) is 0.0626. The van der Waals surface area contributed by atoms with E-state index in [2.05, 4.69) is 16.4 Å². The number of ketones is 1. The molecular weight excluding hydrogens is 508 g/mol. The Kier molecular flexibility index (Phi) is 21.2. The number of aliphatic hydroxyl groups excluding tert-OH is 4. The van der Waals surface area contributed by atoms with E-state index in [1.807, 2.05) is 0 Å². The van der Waals surface area contributed by atoms with Crippen LogP contribution in [-0.2, 0) is 23.9 Å². The van der Waals surface area contributed by atoms with Gasteiger partial charge in [0.25, 0.3) is 6.29 Å². The van der Waals surface area contributed by atoms with Gasteiger partial charge < -0.3 is 35.0 Å². The first kappa shape index (κ1) is 37.4. The zero-order valence-corrected chi connectivity index (χ0v) is 24.3. The molecule has 10 heteroatoms. The van der Waals surface area contributed by atoms with E-state index < -0.39 is 54.5 Å². The van der Waals surface area contributed by atoms with E-state index in [0.717, 1.165) is 33.1 Å². The molecule has 0 aliphatic rings. The first-order chi connectivity index (χ1) is 18.4. The summed E-state index contributed by atoms with van der Waals surface area (Å²) in [6, 6.07) is 0. The Hall–Kier alpha value is -1.59. The molecule has 0 saturated carbocycles. The fourth-order valence-corrected chi connectivity index (χ4v) is 4.51. The number of carbonyl (C=O) groups excluding carboxylic acids is 3. The molecule has 0 radical (unpaired) electrons. The summed E-state index contributed by atoms with van der Waals surface area (Å²) in [5.41, 5.74) is 0. The highest BCUT2D eigenvalue weighted by atomic mass is 16.7. The van der Waals surface area contributed by atoms with E-state index in [4.69, 9.17) is 0 Å². The predicted molar refractivity (Wildman–Crippen MR) is 146 cm³/mol. The Bertz CT molecular complexity index is 670. The van der Waals surface area contributed by atoms with Crippen molar-refractivity contribution in [3.8, 4) is 0 Å². The van der Waals surface area contributed by atoms with Crippen molar-refractivity contribution in [2.24, 2.45) is 0 Å². The van der Waals surface area contributed by atoms with Gasteiger partial charge in [-0.15, -0.1) is 0 Å². The minimum Gasteiger partial charge on any atom is -0.429 e. The Morgan fingerprint density at radius 2 is 1.05 bits per heavy atom. The van der Waals surface area contributed by atoms with Crippen LogP contribution in [0.4, 0.5) is 0 Å². The van der Waals surface area contributed by atoms with Crippen LogP contribution >= 0.6 is 0 Å². The van der Waals surface area contributed by atoms with E-state index in [1.54, 1.807) is 0 Å². The van der Waals surface area contributed by atoms with Crippen molar-refractivity contribution < 1.29 is 49.4 Å². The Balaban J connectivity index is 4.08. The first-order valence-corrected chi connectivity index (χ1v) is 14.8. The van der Waals surface area contributed by atoms with E-state index in [0.29, 0.717) is 19.3 Å². The third-order valence-electron chi connectivity index (χ3n) is 6.79. The molecule has 230 valence electrons. The van der Waals surface area contributed by atoms with Crippen LogP contribution in [0.3, 0.4) is 0 Å². The number of unbranched alkanes of at least 4 members (excludes halogenated alkanes) is 12. The Labute approximate surface area is 234 Å². The highest BCUT2D eigenvalue weighted by molar-refractivity contribution is 5.85. The van der Waals surface area contributed by atoms with Crippen LogP contribution in [0.25, 0.3) is 0 Å². The molecule has 0 aromatic rings. The lowest BCUT2D eigenvalue weighted by Crippen LogP contribution is -2.59. The van der Waals surface area contributed by atoms with Gasteiger partial charge in [0.1, 0.15) is 0 Å². The number of rotatable bonds is 25. The van der Waals surface area contributed by atoms with Crippen molar-refractivity contribution >= 4 is 17.7 Å². The van der Waals surface area contributed by atoms with Crippen molar-refractivity contribution in [3.63, 3.8) is 0 Å². The maximum absolute atomic E-state index is 12.4. The van der Waals surface area contributed by atoms with Gasteiger partial charge in [0.2, 0.25) is 0 Å². The first-order valence-electron chi connectivity index (χ1n) is 14.8. The number of Topliss-reactive ketones (excluding diaryl/α,β-unsaturated/α-hetero) is 1. The Morgan fingerprint density at radius 3 is 1.49 bits per heavy atom. The fraction of sp³-hybridized carbons (Fsp3) is 0.897. The molecule has 39 heavy (non-hydrogen) atoms. The number of aliphatic hydroxyl groups is 5. The monoisotopic (exact) mass is 562 g/mol. The molecule has 0 aliphatic heterocycles. The van der Waals surface area contributed by atoms with Crippen molar-refractivity contribution in [1.82, 2.24) is 0 Å². The van der Waals surface area contributed by atoms with Crippen LogP contribution in [0.2, 0.25) is 0 Å². The standard InChI is InChI=1S/C29H54O10/c1-4-5-6-7-8-9-10-11-12-13-14-15-18-24(32)19-16-17-20-25(33)21-26(34)27(35)29(37,39-23(3)31)28(36)38-22(2)30/h24-25,27-28,32-33,35-37H,4-21H2,1-3H3. The number of esters is 2. The number of carbonyl (C=O) groups is 3. The van der Waals surface area contributed by atoms with Crippen molar-refractivity contribution in [1.29, 1.82) is 0 Å². The molecule has 0 rings (SSSR count). The molecule has 0 bridgehead atoms. The summed E-state index contributed by atoms with van der Waals surface area (Å²) in [7, 11) is 0. The summed E-state index contributed by atoms with van der Waals surface area (Å²) in [5.74, 6) is -6.51. The summed E-state index contributed by atoms with van der Waals surface area (Å²) < 4.78 is 8.84. The zero-order chi connectivity index (χ0) is 29.7. The van der Waals surface area contributed by atoms with Gasteiger partial charge in [0, 0.05) is 20.3 Å². The van der Waals surface area contributed by atoms with Gasteiger partial charge in [-0.3, -0.25) is 14.4 Å². The topological polar surface area (TPSA) is 171 Å². The lowest BCUT2D eigenvalue weighted by Gasteiger charge is -2.34. The predicted octanol–water partition coefficient (Wildman–Crippen LogP) is 3.81.